The molecular formula is C21H23ClN4. The number of benzene rings is 2. The normalized spacial score (nSPS) is 11.8. The van der Waals surface area contributed by atoms with Crippen LogP contribution in [0.4, 0.5) is 0 Å². The molecule has 0 radical (unpaired) electrons. The Morgan fingerprint density at radius 3 is 2.73 bits per heavy atom. The number of hydrogen-bond acceptors (Lipinski definition) is 2. The van der Waals surface area contributed by atoms with E-state index in [1.807, 2.05) is 18.2 Å². The van der Waals surface area contributed by atoms with E-state index in [2.05, 4.69) is 58.8 Å². The molecule has 0 bridgehead atoms. The van der Waals surface area contributed by atoms with Gasteiger partial charge >= 0.3 is 0 Å². The molecule has 0 unspecified atom stereocenters. The minimum Gasteiger partial charge on any atom is -0.360 e. The number of para-hydroxylation sites is 1. The number of halogens is 1. The Morgan fingerprint density at radius 2 is 1.92 bits per heavy atom. The number of likely N-dealkylation sites (N-methyl/N-ethyl adjacent to an activating group) is 1. The molecule has 0 aliphatic heterocycles. The van der Waals surface area contributed by atoms with Crippen molar-refractivity contribution in [1.82, 2.24) is 19.4 Å². The molecule has 2 aromatic carbocycles. The fraction of sp³-hybridized carbons (Fsp3) is 0.286. The molecule has 0 saturated carbocycles. The third-order valence-corrected chi connectivity index (χ3v) is 5.31. The number of aromatic amines is 1. The molecule has 26 heavy (non-hydrogen) atoms. The van der Waals surface area contributed by atoms with Gasteiger partial charge in [0, 0.05) is 40.8 Å². The van der Waals surface area contributed by atoms with Crippen molar-refractivity contribution < 1.29 is 0 Å². The smallest absolute Gasteiger partial charge is 0.143 e. The van der Waals surface area contributed by atoms with E-state index < -0.39 is 0 Å². The van der Waals surface area contributed by atoms with Crippen molar-refractivity contribution in [3.05, 3.63) is 53.7 Å². The van der Waals surface area contributed by atoms with E-state index in [1.165, 1.54) is 5.39 Å². The predicted octanol–water partition coefficient (Wildman–Crippen LogP) is 5.18. The highest BCUT2D eigenvalue weighted by Crippen LogP contribution is 2.31. The van der Waals surface area contributed by atoms with E-state index in [4.69, 9.17) is 16.6 Å². The van der Waals surface area contributed by atoms with Gasteiger partial charge in [-0.25, -0.2) is 4.98 Å². The van der Waals surface area contributed by atoms with Gasteiger partial charge in [-0.2, -0.15) is 0 Å². The Morgan fingerprint density at radius 1 is 1.12 bits per heavy atom. The zero-order valence-electron chi connectivity index (χ0n) is 15.2. The maximum absolute atomic E-state index is 6.21. The first-order valence-electron chi connectivity index (χ1n) is 9.16. The highest BCUT2D eigenvalue weighted by Gasteiger charge is 2.16. The summed E-state index contributed by atoms with van der Waals surface area (Å²) in [4.78, 5) is 10.7. The fourth-order valence-corrected chi connectivity index (χ4v) is 3.74. The van der Waals surface area contributed by atoms with Crippen LogP contribution in [0, 0.1) is 0 Å². The number of imidazole rings is 1. The lowest BCUT2D eigenvalue weighted by molar-refractivity contribution is 0.292. The molecule has 5 heteroatoms. The van der Waals surface area contributed by atoms with E-state index >= 15 is 0 Å². The Kier molecular flexibility index (Phi) is 4.70. The molecule has 0 fully saturated rings. The first kappa shape index (κ1) is 17.1. The predicted molar refractivity (Wildman–Crippen MR) is 110 cm³/mol. The second-order valence-corrected chi connectivity index (χ2v) is 6.93. The summed E-state index contributed by atoms with van der Waals surface area (Å²) in [5.41, 5.74) is 4.33. The Labute approximate surface area is 158 Å². The van der Waals surface area contributed by atoms with Gasteiger partial charge in [-0.05, 0) is 37.4 Å². The van der Waals surface area contributed by atoms with E-state index in [1.54, 1.807) is 0 Å². The molecule has 0 amide bonds. The maximum Gasteiger partial charge on any atom is 0.143 e. The number of fused-ring (bicyclic) bond motifs is 2. The molecule has 4 nitrogen and oxygen atoms in total. The van der Waals surface area contributed by atoms with Crippen LogP contribution in [-0.4, -0.2) is 39.1 Å². The standard InChI is InChI=1S/C21H23ClN4/c1-3-25(4-2)11-12-26-20-10-9-15(22)13-19(20)24-21(26)17-14-23-18-8-6-5-7-16(17)18/h5-10,13-14,23H,3-4,11-12H2,1-2H3. The van der Waals surface area contributed by atoms with Crippen molar-refractivity contribution in [3.63, 3.8) is 0 Å². The van der Waals surface area contributed by atoms with Crippen molar-refractivity contribution in [1.29, 1.82) is 0 Å². The molecule has 0 aliphatic carbocycles. The van der Waals surface area contributed by atoms with Crippen molar-refractivity contribution in [2.75, 3.05) is 19.6 Å². The summed E-state index contributed by atoms with van der Waals surface area (Å²) in [5.74, 6) is 0.992. The monoisotopic (exact) mass is 366 g/mol. The maximum atomic E-state index is 6.21. The number of rotatable bonds is 6. The van der Waals surface area contributed by atoms with Gasteiger partial charge in [0.25, 0.3) is 0 Å². The molecule has 0 aliphatic rings. The van der Waals surface area contributed by atoms with Crippen LogP contribution in [0.3, 0.4) is 0 Å². The molecule has 0 spiro atoms. The summed E-state index contributed by atoms with van der Waals surface area (Å²) in [6.45, 7) is 8.41. The van der Waals surface area contributed by atoms with Gasteiger partial charge in [0.1, 0.15) is 5.82 Å². The SMILES string of the molecule is CCN(CC)CCn1c(-c2c[nH]c3ccccc23)nc2cc(Cl)ccc21. The zero-order chi connectivity index (χ0) is 18.1. The largest absolute Gasteiger partial charge is 0.360 e. The first-order chi connectivity index (χ1) is 12.7. The van der Waals surface area contributed by atoms with Crippen molar-refractivity contribution in [3.8, 4) is 11.4 Å². The van der Waals surface area contributed by atoms with E-state index in [0.717, 1.165) is 59.1 Å². The van der Waals surface area contributed by atoms with Crippen molar-refractivity contribution in [2.45, 2.75) is 20.4 Å². The van der Waals surface area contributed by atoms with Crippen molar-refractivity contribution in [2.24, 2.45) is 0 Å². The molecule has 4 rings (SSSR count). The summed E-state index contributed by atoms with van der Waals surface area (Å²) in [6.07, 6.45) is 2.06. The third kappa shape index (κ3) is 3.00. The van der Waals surface area contributed by atoms with Crippen molar-refractivity contribution >= 4 is 33.5 Å². The Balaban J connectivity index is 1.86. The number of hydrogen-bond donors (Lipinski definition) is 1. The van der Waals surface area contributed by atoms with Crippen LogP contribution in [-0.2, 0) is 6.54 Å². The summed E-state index contributed by atoms with van der Waals surface area (Å²) in [6, 6.07) is 14.3. The fourth-order valence-electron chi connectivity index (χ4n) is 3.57. The van der Waals surface area contributed by atoms with Crippen LogP contribution in [0.5, 0.6) is 0 Å². The van der Waals surface area contributed by atoms with Gasteiger partial charge < -0.3 is 14.5 Å². The summed E-state index contributed by atoms with van der Waals surface area (Å²) in [7, 11) is 0. The lowest BCUT2D eigenvalue weighted by Crippen LogP contribution is -2.27. The zero-order valence-corrected chi connectivity index (χ0v) is 15.9. The van der Waals surface area contributed by atoms with Crippen LogP contribution < -0.4 is 0 Å². The lowest BCUT2D eigenvalue weighted by atomic mass is 10.1. The van der Waals surface area contributed by atoms with Crippen LogP contribution >= 0.6 is 11.6 Å². The van der Waals surface area contributed by atoms with Crippen LogP contribution in [0.25, 0.3) is 33.3 Å². The Hall–Kier alpha value is -2.30. The quantitative estimate of drug-likeness (QED) is 0.510. The number of nitrogens with one attached hydrogen (secondary N) is 1. The van der Waals surface area contributed by atoms with E-state index in [-0.39, 0.29) is 0 Å². The van der Waals surface area contributed by atoms with Gasteiger partial charge in [-0.15, -0.1) is 0 Å². The first-order valence-corrected chi connectivity index (χ1v) is 9.53. The third-order valence-electron chi connectivity index (χ3n) is 5.07. The Bertz CT molecular complexity index is 1040. The summed E-state index contributed by atoms with van der Waals surface area (Å²) in [5, 5.41) is 1.91. The molecule has 134 valence electrons. The molecule has 2 heterocycles. The van der Waals surface area contributed by atoms with Crippen LogP contribution in [0.2, 0.25) is 5.02 Å². The average molecular weight is 367 g/mol. The second-order valence-electron chi connectivity index (χ2n) is 6.49. The van der Waals surface area contributed by atoms with E-state index in [0.29, 0.717) is 0 Å². The second kappa shape index (κ2) is 7.14. The molecule has 0 atom stereocenters. The molecule has 1 N–H and O–H groups in total. The van der Waals surface area contributed by atoms with Crippen LogP contribution in [0.15, 0.2) is 48.7 Å². The topological polar surface area (TPSA) is 36.9 Å². The molecule has 0 saturated heterocycles. The highest BCUT2D eigenvalue weighted by molar-refractivity contribution is 6.31. The minimum atomic E-state index is 0.719. The summed E-state index contributed by atoms with van der Waals surface area (Å²) >= 11 is 6.21. The molecule has 4 aromatic rings. The minimum absolute atomic E-state index is 0.719. The highest BCUT2D eigenvalue weighted by atomic mass is 35.5. The number of aromatic nitrogens is 3. The van der Waals surface area contributed by atoms with Crippen LogP contribution in [0.1, 0.15) is 13.8 Å². The summed E-state index contributed by atoms with van der Waals surface area (Å²) < 4.78 is 2.32. The van der Waals surface area contributed by atoms with Gasteiger partial charge in [-0.3, -0.25) is 0 Å². The average Bonchev–Trinajstić information content (AvgIpc) is 3.23. The molecular weight excluding hydrogens is 344 g/mol. The van der Waals surface area contributed by atoms with E-state index in [9.17, 15) is 0 Å². The van der Waals surface area contributed by atoms with Gasteiger partial charge in [0.05, 0.1) is 11.0 Å². The van der Waals surface area contributed by atoms with Gasteiger partial charge in [0.15, 0.2) is 0 Å². The number of nitrogens with zero attached hydrogens (tertiary/aromatic N) is 3. The molecule has 2 aromatic heterocycles. The van der Waals surface area contributed by atoms with Gasteiger partial charge in [-0.1, -0.05) is 43.6 Å². The number of H-pyrrole nitrogens is 1. The lowest BCUT2D eigenvalue weighted by Gasteiger charge is -2.19. The van der Waals surface area contributed by atoms with Gasteiger partial charge in [0.2, 0.25) is 0 Å².